The molecule has 0 unspecified atom stereocenters. The van der Waals surface area contributed by atoms with Crippen LogP contribution in [0.15, 0.2) is 34.1 Å². The van der Waals surface area contributed by atoms with E-state index in [2.05, 4.69) is 15.9 Å². The highest BCUT2D eigenvalue weighted by molar-refractivity contribution is 9.11. The van der Waals surface area contributed by atoms with Gasteiger partial charge in [0.05, 0.1) is 3.79 Å². The summed E-state index contributed by atoms with van der Waals surface area (Å²) < 4.78 is 20.1. The summed E-state index contributed by atoms with van der Waals surface area (Å²) in [4.78, 5) is 1.18. The molecule has 1 aromatic carbocycles. The quantitative estimate of drug-likeness (QED) is 0.854. The standard InChI is InChI=1S/C12H9BrFNOS2/c13-11-4-2-8(18-11)6-16-10-3-1-7(12(15)17)5-9(10)14/h1-5H,6H2,(H2,15,17). The van der Waals surface area contributed by atoms with Gasteiger partial charge in [-0.3, -0.25) is 0 Å². The second-order valence-corrected chi connectivity index (χ2v) is 6.49. The molecule has 0 atom stereocenters. The number of rotatable bonds is 4. The van der Waals surface area contributed by atoms with Gasteiger partial charge in [-0.25, -0.2) is 4.39 Å². The van der Waals surface area contributed by atoms with Gasteiger partial charge >= 0.3 is 0 Å². The first-order valence-electron chi connectivity index (χ1n) is 5.02. The van der Waals surface area contributed by atoms with E-state index < -0.39 is 5.82 Å². The fourth-order valence-corrected chi connectivity index (χ4v) is 2.87. The average Bonchev–Trinajstić information content (AvgIpc) is 2.73. The first-order valence-corrected chi connectivity index (χ1v) is 7.04. The number of hydrogen-bond acceptors (Lipinski definition) is 3. The minimum atomic E-state index is -0.462. The Morgan fingerprint density at radius 3 is 2.72 bits per heavy atom. The lowest BCUT2D eigenvalue weighted by Gasteiger charge is -2.07. The minimum Gasteiger partial charge on any atom is -0.485 e. The average molecular weight is 346 g/mol. The zero-order valence-electron chi connectivity index (χ0n) is 9.15. The Kier molecular flexibility index (Phi) is 4.31. The van der Waals surface area contributed by atoms with Crippen LogP contribution in [0.3, 0.4) is 0 Å². The van der Waals surface area contributed by atoms with Gasteiger partial charge in [0.1, 0.15) is 11.6 Å². The molecule has 2 N–H and O–H groups in total. The van der Waals surface area contributed by atoms with Gasteiger partial charge in [0.2, 0.25) is 0 Å². The summed E-state index contributed by atoms with van der Waals surface area (Å²) in [5, 5.41) is 0. The van der Waals surface area contributed by atoms with Crippen LogP contribution in [0.2, 0.25) is 0 Å². The third-order valence-electron chi connectivity index (χ3n) is 2.22. The zero-order chi connectivity index (χ0) is 13.1. The van der Waals surface area contributed by atoms with E-state index >= 15 is 0 Å². The number of ether oxygens (including phenoxy) is 1. The van der Waals surface area contributed by atoms with Crippen molar-refractivity contribution in [2.75, 3.05) is 0 Å². The third kappa shape index (κ3) is 3.28. The number of benzene rings is 1. The van der Waals surface area contributed by atoms with E-state index in [4.69, 9.17) is 22.7 Å². The second-order valence-electron chi connectivity index (χ2n) is 3.50. The van der Waals surface area contributed by atoms with Crippen LogP contribution in [0.5, 0.6) is 5.75 Å². The van der Waals surface area contributed by atoms with Crippen LogP contribution in [0.1, 0.15) is 10.4 Å². The van der Waals surface area contributed by atoms with E-state index in [-0.39, 0.29) is 10.7 Å². The Bertz CT molecular complexity index is 585. The highest BCUT2D eigenvalue weighted by atomic mass is 79.9. The first kappa shape index (κ1) is 13.5. The number of nitrogens with two attached hydrogens (primary N) is 1. The lowest BCUT2D eigenvalue weighted by atomic mass is 10.2. The number of hydrogen-bond donors (Lipinski definition) is 1. The number of thiocarbonyl (C=S) groups is 1. The Hall–Kier alpha value is -0.980. The lowest BCUT2D eigenvalue weighted by Crippen LogP contribution is -2.09. The number of halogens is 2. The predicted molar refractivity (Wildman–Crippen MR) is 78.6 cm³/mol. The van der Waals surface area contributed by atoms with Gasteiger partial charge in [-0.2, -0.15) is 0 Å². The molecule has 0 saturated carbocycles. The Labute approximate surface area is 122 Å². The highest BCUT2D eigenvalue weighted by Crippen LogP contribution is 2.25. The van der Waals surface area contributed by atoms with Crippen molar-refractivity contribution in [3.63, 3.8) is 0 Å². The fourth-order valence-electron chi connectivity index (χ4n) is 1.35. The van der Waals surface area contributed by atoms with Crippen LogP contribution >= 0.6 is 39.5 Å². The van der Waals surface area contributed by atoms with E-state index in [1.54, 1.807) is 17.4 Å². The van der Waals surface area contributed by atoms with Crippen LogP contribution in [0.4, 0.5) is 4.39 Å². The molecule has 0 bridgehead atoms. The largest absolute Gasteiger partial charge is 0.485 e. The van der Waals surface area contributed by atoms with Crippen molar-refractivity contribution in [2.45, 2.75) is 6.61 Å². The highest BCUT2D eigenvalue weighted by Gasteiger charge is 2.07. The van der Waals surface area contributed by atoms with Gasteiger partial charge in [0.25, 0.3) is 0 Å². The van der Waals surface area contributed by atoms with Crippen molar-refractivity contribution in [1.82, 2.24) is 0 Å². The second kappa shape index (κ2) is 5.77. The molecule has 2 nitrogen and oxygen atoms in total. The van der Waals surface area contributed by atoms with Crippen molar-refractivity contribution in [1.29, 1.82) is 0 Å². The molecule has 0 radical (unpaired) electrons. The summed E-state index contributed by atoms with van der Waals surface area (Å²) in [5.74, 6) is -0.268. The SMILES string of the molecule is NC(=S)c1ccc(OCc2ccc(Br)s2)c(F)c1. The van der Waals surface area contributed by atoms with Crippen LogP contribution in [0, 0.1) is 5.82 Å². The van der Waals surface area contributed by atoms with Crippen LogP contribution in [0.25, 0.3) is 0 Å². The lowest BCUT2D eigenvalue weighted by molar-refractivity contribution is 0.293. The van der Waals surface area contributed by atoms with Gasteiger partial charge < -0.3 is 10.5 Å². The molecule has 0 aliphatic rings. The molecule has 6 heteroatoms. The molecule has 0 saturated heterocycles. The maximum Gasteiger partial charge on any atom is 0.165 e. The molecule has 2 aromatic rings. The molecule has 0 aliphatic heterocycles. The maximum absolute atomic E-state index is 13.7. The maximum atomic E-state index is 13.7. The van der Waals surface area contributed by atoms with E-state index in [1.807, 2.05) is 12.1 Å². The van der Waals surface area contributed by atoms with Crippen LogP contribution < -0.4 is 10.5 Å². The molecule has 2 rings (SSSR count). The summed E-state index contributed by atoms with van der Waals surface area (Å²) in [6, 6.07) is 8.31. The predicted octanol–water partition coefficient (Wildman–Crippen LogP) is 3.86. The number of thiophene rings is 1. The first-order chi connectivity index (χ1) is 8.56. The normalized spacial score (nSPS) is 10.3. The van der Waals surface area contributed by atoms with Crippen LogP contribution in [-0.4, -0.2) is 4.99 Å². The van der Waals surface area contributed by atoms with Crippen molar-refractivity contribution < 1.29 is 9.13 Å². The molecule has 18 heavy (non-hydrogen) atoms. The summed E-state index contributed by atoms with van der Waals surface area (Å²) in [5.41, 5.74) is 5.92. The third-order valence-corrected chi connectivity index (χ3v) is 4.05. The van der Waals surface area contributed by atoms with E-state index in [0.29, 0.717) is 12.2 Å². The van der Waals surface area contributed by atoms with E-state index in [1.165, 1.54) is 12.1 Å². The summed E-state index contributed by atoms with van der Waals surface area (Å²) in [6.45, 7) is 0.333. The van der Waals surface area contributed by atoms with Crippen molar-refractivity contribution >= 4 is 44.5 Å². The molecule has 0 spiro atoms. The van der Waals surface area contributed by atoms with Gasteiger partial charge in [-0.05, 0) is 46.3 Å². The molecular formula is C12H9BrFNOS2. The van der Waals surface area contributed by atoms with Crippen molar-refractivity contribution in [3.05, 3.63) is 50.4 Å². The van der Waals surface area contributed by atoms with Crippen LogP contribution in [-0.2, 0) is 6.61 Å². The zero-order valence-corrected chi connectivity index (χ0v) is 12.4. The van der Waals surface area contributed by atoms with Crippen molar-refractivity contribution in [3.8, 4) is 5.75 Å². The summed E-state index contributed by atoms with van der Waals surface area (Å²) >= 11 is 9.68. The van der Waals surface area contributed by atoms with Crippen molar-refractivity contribution in [2.24, 2.45) is 5.73 Å². The van der Waals surface area contributed by atoms with Gasteiger partial charge in [-0.15, -0.1) is 11.3 Å². The Morgan fingerprint density at radius 1 is 1.39 bits per heavy atom. The van der Waals surface area contributed by atoms with Gasteiger partial charge in [-0.1, -0.05) is 12.2 Å². The molecule has 1 heterocycles. The molecule has 0 aliphatic carbocycles. The Balaban J connectivity index is 2.08. The smallest absolute Gasteiger partial charge is 0.165 e. The summed E-state index contributed by atoms with van der Waals surface area (Å²) in [7, 11) is 0. The topological polar surface area (TPSA) is 35.2 Å². The molecular weight excluding hydrogens is 337 g/mol. The van der Waals surface area contributed by atoms with E-state index in [9.17, 15) is 4.39 Å². The summed E-state index contributed by atoms with van der Waals surface area (Å²) in [6.07, 6.45) is 0. The fraction of sp³-hybridized carbons (Fsp3) is 0.0833. The van der Waals surface area contributed by atoms with Gasteiger partial charge in [0.15, 0.2) is 11.6 Å². The minimum absolute atomic E-state index is 0.169. The molecule has 0 fully saturated rings. The van der Waals surface area contributed by atoms with E-state index in [0.717, 1.165) is 8.66 Å². The molecule has 1 aromatic heterocycles. The van der Waals surface area contributed by atoms with Gasteiger partial charge in [0, 0.05) is 10.4 Å². The monoisotopic (exact) mass is 345 g/mol. The molecule has 0 amide bonds. The Morgan fingerprint density at radius 2 is 2.17 bits per heavy atom. The molecule has 94 valence electrons.